The van der Waals surface area contributed by atoms with Gasteiger partial charge >= 0.3 is 0 Å². The molecule has 2 aromatic carbocycles. The number of anilines is 1. The molecule has 32 heavy (non-hydrogen) atoms. The summed E-state index contributed by atoms with van der Waals surface area (Å²) < 4.78 is 7.18. The predicted molar refractivity (Wildman–Crippen MR) is 128 cm³/mol. The molecule has 1 aliphatic heterocycles. The standard InChI is InChI=1S/C23H26ClN5O2S/c1-5-6-19-26-27-23-29(19)28-20(15-7-8-18(31-4)17(24)12-15)21(32-23)22(30)25-16-10-13(2)9-14(3)11-16/h7-12,20-21,28H,5-6H2,1-4H3,(H,25,30). The van der Waals surface area contributed by atoms with Crippen LogP contribution in [0.2, 0.25) is 5.02 Å². The number of amides is 1. The minimum atomic E-state index is -0.480. The van der Waals surface area contributed by atoms with Gasteiger partial charge in [0.25, 0.3) is 0 Å². The van der Waals surface area contributed by atoms with Gasteiger partial charge in [-0.25, -0.2) is 4.68 Å². The van der Waals surface area contributed by atoms with E-state index < -0.39 is 5.25 Å². The summed E-state index contributed by atoms with van der Waals surface area (Å²) in [5.41, 5.74) is 7.31. The fraction of sp³-hybridized carbons (Fsp3) is 0.348. The summed E-state index contributed by atoms with van der Waals surface area (Å²) >= 11 is 7.81. The van der Waals surface area contributed by atoms with Gasteiger partial charge in [0.15, 0.2) is 5.82 Å². The van der Waals surface area contributed by atoms with Gasteiger partial charge in [0, 0.05) is 12.1 Å². The number of fused-ring (bicyclic) bond motifs is 1. The van der Waals surface area contributed by atoms with Crippen molar-refractivity contribution in [3.63, 3.8) is 0 Å². The third-order valence-electron chi connectivity index (χ3n) is 5.26. The highest BCUT2D eigenvalue weighted by molar-refractivity contribution is 8.00. The van der Waals surface area contributed by atoms with Gasteiger partial charge in [0.05, 0.1) is 18.2 Å². The van der Waals surface area contributed by atoms with Crippen molar-refractivity contribution in [2.75, 3.05) is 17.9 Å². The molecule has 9 heteroatoms. The maximum atomic E-state index is 13.4. The van der Waals surface area contributed by atoms with Crippen molar-refractivity contribution in [2.45, 2.75) is 50.1 Å². The molecule has 0 radical (unpaired) electrons. The van der Waals surface area contributed by atoms with Gasteiger partial charge in [0.1, 0.15) is 11.0 Å². The lowest BCUT2D eigenvalue weighted by Gasteiger charge is -2.33. The lowest BCUT2D eigenvalue weighted by molar-refractivity contribution is -0.116. The predicted octanol–water partition coefficient (Wildman–Crippen LogP) is 4.91. The van der Waals surface area contributed by atoms with Crippen LogP contribution in [0.5, 0.6) is 5.75 Å². The zero-order chi connectivity index (χ0) is 22.8. The first-order chi connectivity index (χ1) is 15.4. The number of nitrogens with one attached hydrogen (secondary N) is 2. The molecule has 1 amide bonds. The highest BCUT2D eigenvalue weighted by atomic mass is 35.5. The molecule has 0 fully saturated rings. The van der Waals surface area contributed by atoms with Gasteiger partial charge in [-0.1, -0.05) is 42.4 Å². The Balaban J connectivity index is 1.69. The van der Waals surface area contributed by atoms with Crippen LogP contribution in [0.25, 0.3) is 0 Å². The van der Waals surface area contributed by atoms with Crippen molar-refractivity contribution in [3.05, 3.63) is 63.9 Å². The number of carbonyl (C=O) groups excluding carboxylic acids is 1. The van der Waals surface area contributed by atoms with E-state index in [-0.39, 0.29) is 11.9 Å². The number of hydrogen-bond acceptors (Lipinski definition) is 6. The minimum absolute atomic E-state index is 0.115. The second-order valence-corrected chi connectivity index (χ2v) is 9.40. The van der Waals surface area contributed by atoms with E-state index in [2.05, 4.69) is 33.9 Å². The molecule has 1 aliphatic rings. The summed E-state index contributed by atoms with van der Waals surface area (Å²) in [5, 5.41) is 12.4. The van der Waals surface area contributed by atoms with E-state index in [1.807, 2.05) is 48.9 Å². The Morgan fingerprint density at radius 2 is 1.97 bits per heavy atom. The second-order valence-electron chi connectivity index (χ2n) is 7.89. The molecule has 2 unspecified atom stereocenters. The van der Waals surface area contributed by atoms with Crippen molar-refractivity contribution < 1.29 is 9.53 Å². The Labute approximate surface area is 196 Å². The maximum Gasteiger partial charge on any atom is 0.240 e. The van der Waals surface area contributed by atoms with Crippen LogP contribution in [-0.2, 0) is 11.2 Å². The lowest BCUT2D eigenvalue weighted by atomic mass is 10.0. The zero-order valence-electron chi connectivity index (χ0n) is 18.5. The Morgan fingerprint density at radius 3 is 2.62 bits per heavy atom. The van der Waals surface area contributed by atoms with Gasteiger partial charge < -0.3 is 15.5 Å². The van der Waals surface area contributed by atoms with Crippen LogP contribution in [0.4, 0.5) is 5.69 Å². The van der Waals surface area contributed by atoms with Crippen molar-refractivity contribution >= 4 is 35.0 Å². The molecular formula is C23H26ClN5O2S. The van der Waals surface area contributed by atoms with E-state index in [4.69, 9.17) is 16.3 Å². The van der Waals surface area contributed by atoms with E-state index in [1.165, 1.54) is 11.8 Å². The molecule has 4 rings (SSSR count). The van der Waals surface area contributed by atoms with Gasteiger partial charge in [-0.2, -0.15) is 0 Å². The fourth-order valence-corrected chi connectivity index (χ4v) is 5.24. The molecule has 0 spiro atoms. The van der Waals surface area contributed by atoms with Gasteiger partial charge in [-0.15, -0.1) is 10.2 Å². The number of carbonyl (C=O) groups is 1. The number of benzene rings is 2. The fourth-order valence-electron chi connectivity index (χ4n) is 3.87. The van der Waals surface area contributed by atoms with Gasteiger partial charge in [-0.05, 0) is 61.2 Å². The summed E-state index contributed by atoms with van der Waals surface area (Å²) in [6.07, 6.45) is 1.73. The van der Waals surface area contributed by atoms with Gasteiger partial charge in [-0.3, -0.25) is 4.79 Å². The second kappa shape index (κ2) is 9.42. The molecule has 2 N–H and O–H groups in total. The van der Waals surface area contributed by atoms with Crippen LogP contribution >= 0.6 is 23.4 Å². The van der Waals surface area contributed by atoms with Crippen LogP contribution in [-0.4, -0.2) is 33.1 Å². The first-order valence-corrected chi connectivity index (χ1v) is 11.8. The molecule has 0 aliphatic carbocycles. The number of halogens is 1. The number of nitrogens with zero attached hydrogens (tertiary/aromatic N) is 3. The average molecular weight is 472 g/mol. The summed E-state index contributed by atoms with van der Waals surface area (Å²) in [7, 11) is 1.58. The number of thioether (sulfide) groups is 1. The molecule has 7 nitrogen and oxygen atoms in total. The van der Waals surface area contributed by atoms with Crippen LogP contribution in [0, 0.1) is 13.8 Å². The van der Waals surface area contributed by atoms with E-state index in [0.29, 0.717) is 15.9 Å². The number of aryl methyl sites for hydroxylation is 3. The van der Waals surface area contributed by atoms with E-state index >= 15 is 0 Å². The van der Waals surface area contributed by atoms with E-state index in [1.54, 1.807) is 7.11 Å². The van der Waals surface area contributed by atoms with Crippen molar-refractivity contribution in [1.29, 1.82) is 0 Å². The molecule has 0 saturated carbocycles. The molecule has 168 valence electrons. The lowest BCUT2D eigenvalue weighted by Crippen LogP contribution is -2.41. The van der Waals surface area contributed by atoms with Crippen molar-refractivity contribution in [2.24, 2.45) is 0 Å². The minimum Gasteiger partial charge on any atom is -0.495 e. The number of rotatable bonds is 6. The first-order valence-electron chi connectivity index (χ1n) is 10.5. The largest absolute Gasteiger partial charge is 0.495 e. The number of ether oxygens (including phenoxy) is 1. The van der Waals surface area contributed by atoms with Crippen molar-refractivity contribution in [3.8, 4) is 5.75 Å². The van der Waals surface area contributed by atoms with Crippen LogP contribution in [0.15, 0.2) is 41.6 Å². The normalized spacial score (nSPS) is 17.4. The number of hydrogen-bond donors (Lipinski definition) is 2. The number of methoxy groups -OCH3 is 1. The highest BCUT2D eigenvalue weighted by Gasteiger charge is 2.38. The smallest absolute Gasteiger partial charge is 0.240 e. The van der Waals surface area contributed by atoms with Crippen LogP contribution in [0.1, 0.15) is 41.9 Å². The number of aromatic nitrogens is 3. The summed E-state index contributed by atoms with van der Waals surface area (Å²) in [6.45, 7) is 6.12. The van der Waals surface area contributed by atoms with Gasteiger partial charge in [0.2, 0.25) is 11.1 Å². The van der Waals surface area contributed by atoms with Crippen molar-refractivity contribution in [1.82, 2.24) is 14.9 Å². The Kier molecular flexibility index (Phi) is 6.62. The maximum absolute atomic E-state index is 13.4. The SMILES string of the molecule is CCCc1nnc2n1NC(c1ccc(OC)c(Cl)c1)C(C(=O)Nc1cc(C)cc(C)c1)S2. The third kappa shape index (κ3) is 4.56. The average Bonchev–Trinajstić information content (AvgIpc) is 3.14. The highest BCUT2D eigenvalue weighted by Crippen LogP contribution is 2.39. The summed E-state index contributed by atoms with van der Waals surface area (Å²) in [4.78, 5) is 13.4. The molecule has 0 bridgehead atoms. The molecule has 1 aromatic heterocycles. The molecular weight excluding hydrogens is 446 g/mol. The third-order valence-corrected chi connectivity index (χ3v) is 6.77. The monoisotopic (exact) mass is 471 g/mol. The van der Waals surface area contributed by atoms with Crippen LogP contribution in [0.3, 0.4) is 0 Å². The molecule has 0 saturated heterocycles. The Morgan fingerprint density at radius 1 is 1.22 bits per heavy atom. The zero-order valence-corrected chi connectivity index (χ0v) is 20.0. The Bertz CT molecular complexity index is 1130. The Hall–Kier alpha value is -2.71. The molecule has 2 atom stereocenters. The molecule has 2 heterocycles. The van der Waals surface area contributed by atoms with E-state index in [9.17, 15) is 4.79 Å². The topological polar surface area (TPSA) is 81.1 Å². The summed E-state index contributed by atoms with van der Waals surface area (Å²) in [5.74, 6) is 1.32. The quantitative estimate of drug-likeness (QED) is 0.531. The summed E-state index contributed by atoms with van der Waals surface area (Å²) in [6, 6.07) is 11.2. The van der Waals surface area contributed by atoms with Crippen LogP contribution < -0.4 is 15.5 Å². The van der Waals surface area contributed by atoms with E-state index in [0.717, 1.165) is 41.0 Å². The first kappa shape index (κ1) is 22.5. The molecule has 3 aromatic rings.